The zero-order chi connectivity index (χ0) is 22.8. The number of halogens is 6. The first-order valence-electron chi connectivity index (χ1n) is 9.09. The second kappa shape index (κ2) is 8.52. The van der Waals surface area contributed by atoms with Crippen LogP contribution in [0.5, 0.6) is 11.5 Å². The molecule has 0 unspecified atom stereocenters. The lowest BCUT2D eigenvalue weighted by molar-refractivity contribution is -0.138. The van der Waals surface area contributed by atoms with Gasteiger partial charge in [0.15, 0.2) is 0 Å². The van der Waals surface area contributed by atoms with Gasteiger partial charge >= 0.3 is 12.4 Å². The first-order valence-corrected chi connectivity index (χ1v) is 9.09. The van der Waals surface area contributed by atoms with E-state index < -0.39 is 29.4 Å². The predicted molar refractivity (Wildman–Crippen MR) is 101 cm³/mol. The fraction of sp³-hybridized carbons (Fsp3) is 0.286. The van der Waals surface area contributed by atoms with Gasteiger partial charge in [-0.05, 0) is 42.7 Å². The molecule has 0 fully saturated rings. The number of amides is 1. The Kier molecular flexibility index (Phi) is 6.19. The molecule has 0 bridgehead atoms. The summed E-state index contributed by atoms with van der Waals surface area (Å²) in [4.78, 5) is 12.5. The quantitative estimate of drug-likeness (QED) is 0.471. The number of rotatable bonds is 3. The van der Waals surface area contributed by atoms with Crippen molar-refractivity contribution in [3.63, 3.8) is 0 Å². The van der Waals surface area contributed by atoms with Crippen LogP contribution in [0.1, 0.15) is 29.5 Å². The highest BCUT2D eigenvalue weighted by atomic mass is 19.4. The van der Waals surface area contributed by atoms with E-state index in [9.17, 15) is 31.1 Å². The minimum atomic E-state index is -4.64. The van der Waals surface area contributed by atoms with E-state index in [1.807, 2.05) is 0 Å². The molecule has 1 amide bonds. The number of hydrogen-bond acceptors (Lipinski definition) is 3. The largest absolute Gasteiger partial charge is 0.497 e. The van der Waals surface area contributed by atoms with Crippen LogP contribution in [0.15, 0.2) is 42.5 Å². The van der Waals surface area contributed by atoms with Crippen LogP contribution in [0.4, 0.5) is 32.0 Å². The predicted octanol–water partition coefficient (Wildman–Crippen LogP) is 5.93. The Labute approximate surface area is 173 Å². The molecule has 4 nitrogen and oxygen atoms in total. The van der Waals surface area contributed by atoms with Crippen molar-refractivity contribution in [1.29, 1.82) is 0 Å². The summed E-state index contributed by atoms with van der Waals surface area (Å²) in [6.45, 7) is 0.165. The number of carbonyl (C=O) groups is 1. The summed E-state index contributed by atoms with van der Waals surface area (Å²) in [5.41, 5.74) is -1.28. The van der Waals surface area contributed by atoms with E-state index in [4.69, 9.17) is 9.47 Å². The number of alkyl halides is 6. The van der Waals surface area contributed by atoms with Crippen LogP contribution in [0, 0.1) is 0 Å². The lowest BCUT2D eigenvalue weighted by Crippen LogP contribution is -2.11. The number of fused-ring (bicyclic) bond motifs is 1. The van der Waals surface area contributed by atoms with Crippen molar-refractivity contribution < 1.29 is 40.6 Å². The van der Waals surface area contributed by atoms with Gasteiger partial charge in [0, 0.05) is 23.4 Å². The van der Waals surface area contributed by atoms with Gasteiger partial charge in [-0.2, -0.15) is 26.3 Å². The molecule has 166 valence electrons. The van der Waals surface area contributed by atoms with Gasteiger partial charge in [0.05, 0.1) is 24.8 Å². The molecule has 2 aromatic rings. The number of ether oxygens (including phenoxy) is 2. The van der Waals surface area contributed by atoms with Crippen LogP contribution in [0.2, 0.25) is 0 Å². The van der Waals surface area contributed by atoms with Crippen LogP contribution >= 0.6 is 0 Å². The molecule has 1 heterocycles. The Morgan fingerprint density at radius 2 is 1.74 bits per heavy atom. The Morgan fingerprint density at radius 3 is 2.39 bits per heavy atom. The number of hydrogen-bond donors (Lipinski definition) is 1. The topological polar surface area (TPSA) is 47.6 Å². The van der Waals surface area contributed by atoms with Gasteiger partial charge in [-0.1, -0.05) is 6.07 Å². The van der Waals surface area contributed by atoms with Gasteiger partial charge in [-0.25, -0.2) is 0 Å². The molecule has 1 aliphatic heterocycles. The van der Waals surface area contributed by atoms with E-state index in [1.54, 1.807) is 0 Å². The van der Waals surface area contributed by atoms with Gasteiger partial charge in [-0.15, -0.1) is 0 Å². The molecule has 3 rings (SSSR count). The highest BCUT2D eigenvalue weighted by Crippen LogP contribution is 2.38. The van der Waals surface area contributed by atoms with Crippen molar-refractivity contribution in [1.82, 2.24) is 0 Å². The number of nitrogens with one attached hydrogen (secondary N) is 1. The summed E-state index contributed by atoms with van der Waals surface area (Å²) in [6, 6.07) is 5.76. The average Bonchev–Trinajstić information content (AvgIpc) is 2.88. The molecule has 0 atom stereocenters. The smallest absolute Gasteiger partial charge is 0.416 e. The molecule has 10 heteroatoms. The van der Waals surface area contributed by atoms with E-state index in [2.05, 4.69) is 5.32 Å². The second-order valence-electron chi connectivity index (χ2n) is 6.77. The Hall–Kier alpha value is -3.17. The number of anilines is 1. The Morgan fingerprint density at radius 1 is 1.03 bits per heavy atom. The highest BCUT2D eigenvalue weighted by molar-refractivity contribution is 6.04. The number of methoxy groups -OCH3 is 1. The monoisotopic (exact) mass is 445 g/mol. The van der Waals surface area contributed by atoms with Crippen molar-refractivity contribution in [2.45, 2.75) is 25.2 Å². The maximum absolute atomic E-state index is 13.0. The molecule has 1 N–H and O–H groups in total. The molecule has 0 spiro atoms. The highest BCUT2D eigenvalue weighted by Gasteiger charge is 2.33. The van der Waals surface area contributed by atoms with Crippen molar-refractivity contribution in [2.75, 3.05) is 19.0 Å². The number of carbonyl (C=O) groups excluding carboxylic acids is 1. The van der Waals surface area contributed by atoms with Crippen LogP contribution in [-0.4, -0.2) is 19.6 Å². The molecule has 31 heavy (non-hydrogen) atoms. The van der Waals surface area contributed by atoms with Gasteiger partial charge in [0.1, 0.15) is 11.5 Å². The summed E-state index contributed by atoms with van der Waals surface area (Å²) in [6.07, 6.45) is -7.24. The van der Waals surface area contributed by atoms with Crippen molar-refractivity contribution in [2.24, 2.45) is 0 Å². The first kappa shape index (κ1) is 22.5. The zero-order valence-corrected chi connectivity index (χ0v) is 16.2. The number of benzene rings is 2. The van der Waals surface area contributed by atoms with Crippen LogP contribution < -0.4 is 14.8 Å². The van der Waals surface area contributed by atoms with Crippen molar-refractivity contribution in [3.8, 4) is 11.5 Å². The molecule has 0 saturated heterocycles. The summed E-state index contributed by atoms with van der Waals surface area (Å²) in [5, 5.41) is 2.35. The minimum absolute atomic E-state index is 0.00730. The molecule has 1 aliphatic rings. The Balaban J connectivity index is 1.90. The average molecular weight is 445 g/mol. The standard InChI is InChI=1S/C21H17F6NO3/c1-30-16-9-14(21(25,26)27)8-15(11-16)28-19(29)7-12-3-2-6-31-18-10-13(20(22,23)24)4-5-17(12)18/h4-5,7-11H,2-3,6H2,1H3,(H,28,29). The third-order valence-corrected chi connectivity index (χ3v) is 4.55. The fourth-order valence-electron chi connectivity index (χ4n) is 3.10. The molecular formula is C21H17F6NO3. The third-order valence-electron chi connectivity index (χ3n) is 4.55. The fourth-order valence-corrected chi connectivity index (χ4v) is 3.10. The summed E-state index contributed by atoms with van der Waals surface area (Å²) < 4.78 is 88.3. The van der Waals surface area contributed by atoms with Crippen molar-refractivity contribution >= 4 is 17.2 Å². The van der Waals surface area contributed by atoms with Crippen molar-refractivity contribution in [3.05, 3.63) is 59.2 Å². The zero-order valence-electron chi connectivity index (χ0n) is 16.2. The first-order chi connectivity index (χ1) is 14.5. The van der Waals surface area contributed by atoms with E-state index >= 15 is 0 Å². The summed E-state index contributed by atoms with van der Waals surface area (Å²) in [7, 11) is 1.20. The molecular weight excluding hydrogens is 428 g/mol. The molecule has 0 aromatic heterocycles. The third kappa shape index (κ3) is 5.50. The minimum Gasteiger partial charge on any atom is -0.497 e. The molecule has 0 saturated carbocycles. The van der Waals surface area contributed by atoms with Gasteiger partial charge in [0.2, 0.25) is 5.91 Å². The summed E-state index contributed by atoms with van der Waals surface area (Å²) in [5.74, 6) is -0.832. The number of allylic oxidation sites excluding steroid dienone is 1. The lowest BCUT2D eigenvalue weighted by Gasteiger charge is -2.14. The molecule has 0 radical (unpaired) electrons. The van der Waals surface area contributed by atoms with Crippen LogP contribution in [0.3, 0.4) is 0 Å². The van der Waals surface area contributed by atoms with E-state index in [0.717, 1.165) is 30.3 Å². The maximum Gasteiger partial charge on any atom is 0.416 e. The van der Waals surface area contributed by atoms with E-state index in [0.29, 0.717) is 24.0 Å². The SMILES string of the molecule is COc1cc(NC(=O)C=C2CCCOc3cc(C(F)(F)F)ccc32)cc(C(F)(F)F)c1. The normalized spacial score (nSPS) is 15.6. The lowest BCUT2D eigenvalue weighted by atomic mass is 9.99. The summed E-state index contributed by atoms with van der Waals surface area (Å²) >= 11 is 0. The van der Waals surface area contributed by atoms with E-state index in [-0.39, 0.29) is 23.8 Å². The van der Waals surface area contributed by atoms with Crippen LogP contribution in [-0.2, 0) is 17.1 Å². The van der Waals surface area contributed by atoms with E-state index in [1.165, 1.54) is 19.2 Å². The Bertz CT molecular complexity index is 1010. The molecule has 0 aliphatic carbocycles. The molecule has 2 aromatic carbocycles. The second-order valence-corrected chi connectivity index (χ2v) is 6.77. The van der Waals surface area contributed by atoms with Gasteiger partial charge in [-0.3, -0.25) is 4.79 Å². The van der Waals surface area contributed by atoms with Gasteiger partial charge < -0.3 is 14.8 Å². The maximum atomic E-state index is 13.0. The van der Waals surface area contributed by atoms with Gasteiger partial charge in [0.25, 0.3) is 0 Å². The van der Waals surface area contributed by atoms with Crippen LogP contribution in [0.25, 0.3) is 5.57 Å².